The highest BCUT2D eigenvalue weighted by atomic mass is 15.1. The van der Waals surface area contributed by atoms with Crippen LogP contribution >= 0.6 is 0 Å². The normalized spacial score (nSPS) is 11.4. The van der Waals surface area contributed by atoms with Gasteiger partial charge in [-0.25, -0.2) is 4.98 Å². The Morgan fingerprint density at radius 3 is 2.47 bits per heavy atom. The lowest BCUT2D eigenvalue weighted by molar-refractivity contribution is 0.302. The van der Waals surface area contributed by atoms with Gasteiger partial charge in [-0.3, -0.25) is 0 Å². The zero-order valence-electron chi connectivity index (χ0n) is 11.7. The molecule has 0 aliphatic carbocycles. The van der Waals surface area contributed by atoms with Crippen LogP contribution in [0.25, 0.3) is 0 Å². The molecule has 1 aromatic heterocycles. The molecule has 0 aliphatic rings. The van der Waals surface area contributed by atoms with Crippen LogP contribution in [0.5, 0.6) is 0 Å². The Morgan fingerprint density at radius 1 is 1.24 bits per heavy atom. The lowest BCUT2D eigenvalue weighted by atomic mass is 10.4. The van der Waals surface area contributed by atoms with E-state index in [0.717, 1.165) is 45.0 Å². The molecule has 0 aliphatic heterocycles. The van der Waals surface area contributed by atoms with Crippen molar-refractivity contribution in [2.24, 2.45) is 0 Å². The molecule has 4 nitrogen and oxygen atoms in total. The third-order valence-corrected chi connectivity index (χ3v) is 3.37. The van der Waals surface area contributed by atoms with Crippen molar-refractivity contribution in [1.82, 2.24) is 19.8 Å². The van der Waals surface area contributed by atoms with Gasteiger partial charge in [0.2, 0.25) is 0 Å². The Morgan fingerprint density at radius 2 is 1.94 bits per heavy atom. The van der Waals surface area contributed by atoms with Gasteiger partial charge in [0.1, 0.15) is 0 Å². The van der Waals surface area contributed by atoms with Crippen LogP contribution < -0.4 is 5.32 Å². The second-order valence-electron chi connectivity index (χ2n) is 4.39. The minimum atomic E-state index is 1.00. The number of aryl methyl sites for hydroxylation is 1. The molecule has 0 unspecified atom stereocenters. The summed E-state index contributed by atoms with van der Waals surface area (Å²) in [5, 5.41) is 3.48. The number of imidazole rings is 1. The highest BCUT2D eigenvalue weighted by Crippen LogP contribution is 2.02. The first-order valence-corrected chi connectivity index (χ1v) is 6.60. The summed E-state index contributed by atoms with van der Waals surface area (Å²) in [6.45, 7) is 15.1. The summed E-state index contributed by atoms with van der Waals surface area (Å²) in [7, 11) is 0. The second-order valence-corrected chi connectivity index (χ2v) is 4.39. The number of likely N-dealkylation sites (N-methyl/N-ethyl adjacent to an activating group) is 1. The summed E-state index contributed by atoms with van der Waals surface area (Å²) in [6.07, 6.45) is 1.93. The van der Waals surface area contributed by atoms with E-state index < -0.39 is 0 Å². The predicted molar refractivity (Wildman–Crippen MR) is 72.4 cm³/mol. The Balaban J connectivity index is 2.14. The molecule has 0 bridgehead atoms. The quantitative estimate of drug-likeness (QED) is 0.696. The minimum Gasteiger partial charge on any atom is -0.333 e. The average molecular weight is 238 g/mol. The lowest BCUT2D eigenvalue weighted by Gasteiger charge is -2.18. The summed E-state index contributed by atoms with van der Waals surface area (Å²) in [5.41, 5.74) is 2.41. The van der Waals surface area contributed by atoms with Crippen molar-refractivity contribution in [3.8, 4) is 0 Å². The van der Waals surface area contributed by atoms with E-state index >= 15 is 0 Å². The molecule has 0 radical (unpaired) electrons. The van der Waals surface area contributed by atoms with Crippen LogP contribution in [0.1, 0.15) is 25.2 Å². The van der Waals surface area contributed by atoms with Crippen LogP contribution in [-0.2, 0) is 6.54 Å². The van der Waals surface area contributed by atoms with E-state index in [-0.39, 0.29) is 0 Å². The number of aromatic nitrogens is 2. The average Bonchev–Trinajstić information content (AvgIpc) is 2.65. The van der Waals surface area contributed by atoms with Crippen molar-refractivity contribution in [1.29, 1.82) is 0 Å². The zero-order valence-corrected chi connectivity index (χ0v) is 11.7. The monoisotopic (exact) mass is 238 g/mol. The van der Waals surface area contributed by atoms with Crippen LogP contribution in [0.3, 0.4) is 0 Å². The number of nitrogens with zero attached hydrogens (tertiary/aromatic N) is 3. The third kappa shape index (κ3) is 4.48. The van der Waals surface area contributed by atoms with Gasteiger partial charge in [-0.1, -0.05) is 13.8 Å². The highest BCUT2D eigenvalue weighted by Gasteiger charge is 2.01. The molecule has 0 atom stereocenters. The lowest BCUT2D eigenvalue weighted by Crippen LogP contribution is -2.33. The molecule has 98 valence electrons. The molecule has 4 heteroatoms. The van der Waals surface area contributed by atoms with Crippen molar-refractivity contribution < 1.29 is 0 Å². The molecule has 0 spiro atoms. The van der Waals surface area contributed by atoms with E-state index in [1.807, 2.05) is 6.33 Å². The molecule has 1 rings (SSSR count). The number of hydrogen-bond donors (Lipinski definition) is 1. The molecule has 0 saturated carbocycles. The molecule has 0 aromatic carbocycles. The Bertz CT molecular complexity index is 315. The predicted octanol–water partition coefficient (Wildman–Crippen LogP) is 1.43. The smallest absolute Gasteiger partial charge is 0.0951 e. The standard InChI is InChI=1S/C13H26N4/c1-5-16(6-2)9-7-14-8-10-17-11-15-12(3)13(17)4/h11,14H,5-10H2,1-4H3. The minimum absolute atomic E-state index is 1.00. The van der Waals surface area contributed by atoms with Crippen molar-refractivity contribution in [2.75, 3.05) is 32.7 Å². The van der Waals surface area contributed by atoms with E-state index in [9.17, 15) is 0 Å². The van der Waals surface area contributed by atoms with Crippen LogP contribution in [0.4, 0.5) is 0 Å². The van der Waals surface area contributed by atoms with Crippen molar-refractivity contribution in [3.05, 3.63) is 17.7 Å². The highest BCUT2D eigenvalue weighted by molar-refractivity contribution is 5.08. The first kappa shape index (κ1) is 14.2. The third-order valence-electron chi connectivity index (χ3n) is 3.37. The number of nitrogens with one attached hydrogen (secondary N) is 1. The van der Waals surface area contributed by atoms with Gasteiger partial charge in [0.25, 0.3) is 0 Å². The van der Waals surface area contributed by atoms with E-state index in [1.165, 1.54) is 5.69 Å². The molecule has 1 heterocycles. The maximum atomic E-state index is 4.30. The largest absolute Gasteiger partial charge is 0.333 e. The number of hydrogen-bond acceptors (Lipinski definition) is 3. The van der Waals surface area contributed by atoms with E-state index in [4.69, 9.17) is 0 Å². The molecule has 0 fully saturated rings. The Labute approximate surface area is 105 Å². The van der Waals surface area contributed by atoms with Crippen LogP contribution in [0, 0.1) is 13.8 Å². The van der Waals surface area contributed by atoms with Crippen LogP contribution in [-0.4, -0.2) is 47.2 Å². The fraction of sp³-hybridized carbons (Fsp3) is 0.769. The first-order chi connectivity index (χ1) is 8.19. The van der Waals surface area contributed by atoms with Gasteiger partial charge < -0.3 is 14.8 Å². The zero-order chi connectivity index (χ0) is 12.7. The van der Waals surface area contributed by atoms with Crippen molar-refractivity contribution >= 4 is 0 Å². The topological polar surface area (TPSA) is 33.1 Å². The van der Waals surface area contributed by atoms with Crippen molar-refractivity contribution in [3.63, 3.8) is 0 Å². The van der Waals surface area contributed by atoms with Gasteiger partial charge >= 0.3 is 0 Å². The van der Waals surface area contributed by atoms with Gasteiger partial charge in [0, 0.05) is 31.9 Å². The van der Waals surface area contributed by atoms with Crippen LogP contribution in [0.2, 0.25) is 0 Å². The van der Waals surface area contributed by atoms with Gasteiger partial charge in [-0.05, 0) is 26.9 Å². The molecule has 0 amide bonds. The van der Waals surface area contributed by atoms with Gasteiger partial charge in [-0.2, -0.15) is 0 Å². The SMILES string of the molecule is CCN(CC)CCNCCn1cnc(C)c1C. The molecular formula is C13H26N4. The number of rotatable bonds is 8. The summed E-state index contributed by atoms with van der Waals surface area (Å²) in [6, 6.07) is 0. The second kappa shape index (κ2) is 7.45. The van der Waals surface area contributed by atoms with Crippen molar-refractivity contribution in [2.45, 2.75) is 34.2 Å². The van der Waals surface area contributed by atoms with E-state index in [2.05, 4.69) is 47.5 Å². The molecule has 1 aromatic rings. The summed E-state index contributed by atoms with van der Waals surface area (Å²) >= 11 is 0. The Hall–Kier alpha value is -0.870. The van der Waals surface area contributed by atoms with E-state index in [1.54, 1.807) is 0 Å². The first-order valence-electron chi connectivity index (χ1n) is 6.60. The fourth-order valence-corrected chi connectivity index (χ4v) is 1.87. The fourth-order valence-electron chi connectivity index (χ4n) is 1.87. The van der Waals surface area contributed by atoms with Crippen LogP contribution in [0.15, 0.2) is 6.33 Å². The van der Waals surface area contributed by atoms with Gasteiger partial charge in [0.15, 0.2) is 0 Å². The van der Waals surface area contributed by atoms with Gasteiger partial charge in [0.05, 0.1) is 12.0 Å². The van der Waals surface area contributed by atoms with E-state index in [0.29, 0.717) is 0 Å². The summed E-state index contributed by atoms with van der Waals surface area (Å²) in [5.74, 6) is 0. The molecule has 0 saturated heterocycles. The molecular weight excluding hydrogens is 212 g/mol. The van der Waals surface area contributed by atoms with Gasteiger partial charge in [-0.15, -0.1) is 0 Å². The molecule has 1 N–H and O–H groups in total. The maximum absolute atomic E-state index is 4.30. The molecule has 17 heavy (non-hydrogen) atoms. The summed E-state index contributed by atoms with van der Waals surface area (Å²) in [4.78, 5) is 6.73. The Kier molecular flexibility index (Phi) is 6.22. The maximum Gasteiger partial charge on any atom is 0.0951 e. The summed E-state index contributed by atoms with van der Waals surface area (Å²) < 4.78 is 2.21.